The van der Waals surface area contributed by atoms with Gasteiger partial charge in [-0.05, 0) is 27.2 Å². The molecule has 0 spiro atoms. The number of aldehydes is 1. The molecule has 1 aliphatic heterocycles. The summed E-state index contributed by atoms with van der Waals surface area (Å²) in [5, 5.41) is 0. The first kappa shape index (κ1) is 11.8. The highest BCUT2D eigenvalue weighted by molar-refractivity contribution is 5.76. The lowest BCUT2D eigenvalue weighted by Gasteiger charge is -2.44. The van der Waals surface area contributed by atoms with E-state index in [0.717, 1.165) is 6.29 Å². The fraction of sp³-hybridized carbons (Fsp3) is 0.636. The van der Waals surface area contributed by atoms with Crippen LogP contribution < -0.4 is 0 Å². The van der Waals surface area contributed by atoms with Gasteiger partial charge >= 0.3 is 6.09 Å². The third kappa shape index (κ3) is 2.58. The van der Waals surface area contributed by atoms with Crippen LogP contribution in [0.2, 0.25) is 0 Å². The van der Waals surface area contributed by atoms with Gasteiger partial charge in [0.05, 0.1) is 12.1 Å². The lowest BCUT2D eigenvalue weighted by molar-refractivity contribution is -0.118. The average molecular weight is 211 g/mol. The number of carbonyl (C=O) groups excluding carboxylic acids is 2. The molecule has 1 aliphatic rings. The van der Waals surface area contributed by atoms with E-state index in [9.17, 15) is 9.59 Å². The minimum absolute atomic E-state index is 0.0740. The van der Waals surface area contributed by atoms with Gasteiger partial charge in [0.15, 0.2) is 0 Å². The number of ether oxygens (including phenoxy) is 1. The van der Waals surface area contributed by atoms with Crippen molar-refractivity contribution < 1.29 is 14.3 Å². The van der Waals surface area contributed by atoms with Crippen LogP contribution in [0, 0.1) is 0 Å². The maximum Gasteiger partial charge on any atom is 0.411 e. The van der Waals surface area contributed by atoms with E-state index in [2.05, 4.69) is 6.58 Å². The van der Waals surface area contributed by atoms with E-state index in [1.807, 2.05) is 0 Å². The van der Waals surface area contributed by atoms with Crippen LogP contribution >= 0.6 is 0 Å². The molecule has 4 heteroatoms. The smallest absolute Gasteiger partial charge is 0.411 e. The van der Waals surface area contributed by atoms with E-state index in [1.54, 1.807) is 26.8 Å². The Morgan fingerprint density at radius 2 is 2.07 bits per heavy atom. The standard InChI is InChI=1S/C11H17NO3/c1-5-8-6-9(7-13)12(8)10(14)15-11(2,3)4/h5,7-9H,1,6H2,2-4H3/t8-,9-/m0/s1. The maximum atomic E-state index is 11.7. The first-order valence-electron chi connectivity index (χ1n) is 4.98. The number of likely N-dealkylation sites (tertiary alicyclic amines) is 1. The van der Waals surface area contributed by atoms with Crippen LogP contribution in [0.4, 0.5) is 4.79 Å². The zero-order valence-electron chi connectivity index (χ0n) is 9.40. The normalized spacial score (nSPS) is 25.4. The molecular formula is C11H17NO3. The van der Waals surface area contributed by atoms with Gasteiger partial charge in [0.2, 0.25) is 0 Å². The lowest BCUT2D eigenvalue weighted by atomic mass is 9.95. The van der Waals surface area contributed by atoms with Crippen LogP contribution in [0.3, 0.4) is 0 Å². The molecule has 4 nitrogen and oxygen atoms in total. The largest absolute Gasteiger partial charge is 0.444 e. The number of carbonyl (C=O) groups is 2. The first-order valence-corrected chi connectivity index (χ1v) is 4.98. The summed E-state index contributed by atoms with van der Waals surface area (Å²) in [7, 11) is 0. The second-order valence-corrected chi connectivity index (χ2v) is 4.63. The van der Waals surface area contributed by atoms with E-state index in [4.69, 9.17) is 4.74 Å². The highest BCUT2D eigenvalue weighted by Gasteiger charge is 2.41. The van der Waals surface area contributed by atoms with Crippen molar-refractivity contribution in [3.8, 4) is 0 Å². The second-order valence-electron chi connectivity index (χ2n) is 4.63. The van der Waals surface area contributed by atoms with Crippen molar-refractivity contribution in [3.63, 3.8) is 0 Å². The minimum atomic E-state index is -0.536. The van der Waals surface area contributed by atoms with Crippen LogP contribution in [0.25, 0.3) is 0 Å². The molecule has 1 rings (SSSR count). The molecule has 0 aliphatic carbocycles. The molecule has 0 unspecified atom stereocenters. The topological polar surface area (TPSA) is 46.6 Å². The number of rotatable bonds is 2. The average Bonchev–Trinajstić information content (AvgIpc) is 1.99. The molecule has 0 N–H and O–H groups in total. The fourth-order valence-corrected chi connectivity index (χ4v) is 1.50. The number of amides is 1. The Labute approximate surface area is 89.9 Å². The van der Waals surface area contributed by atoms with E-state index in [-0.39, 0.29) is 12.1 Å². The predicted octanol–water partition coefficient (Wildman–Crippen LogP) is 1.75. The summed E-state index contributed by atoms with van der Waals surface area (Å²) in [6.45, 7) is 9.00. The number of hydrogen-bond acceptors (Lipinski definition) is 3. The maximum absolute atomic E-state index is 11.7. The zero-order valence-corrected chi connectivity index (χ0v) is 9.40. The molecule has 1 amide bonds. The molecular weight excluding hydrogens is 194 g/mol. The predicted molar refractivity (Wildman–Crippen MR) is 56.5 cm³/mol. The summed E-state index contributed by atoms with van der Waals surface area (Å²) >= 11 is 0. The van der Waals surface area contributed by atoms with Crippen molar-refractivity contribution in [3.05, 3.63) is 12.7 Å². The van der Waals surface area contributed by atoms with Gasteiger partial charge < -0.3 is 9.53 Å². The van der Waals surface area contributed by atoms with Crippen molar-refractivity contribution in [1.29, 1.82) is 0 Å². The van der Waals surface area contributed by atoms with Crippen LogP contribution in [0.15, 0.2) is 12.7 Å². The van der Waals surface area contributed by atoms with E-state index in [1.165, 1.54) is 4.90 Å². The summed E-state index contributed by atoms with van der Waals surface area (Å²) in [6.07, 6.45) is 2.62. The van der Waals surface area contributed by atoms with Gasteiger partial charge in [-0.25, -0.2) is 4.79 Å². The molecule has 1 saturated heterocycles. The fourth-order valence-electron chi connectivity index (χ4n) is 1.50. The molecule has 0 radical (unpaired) electrons. The third-order valence-corrected chi connectivity index (χ3v) is 2.23. The summed E-state index contributed by atoms with van der Waals surface area (Å²) in [5.41, 5.74) is -0.536. The van der Waals surface area contributed by atoms with Crippen molar-refractivity contribution in [2.45, 2.75) is 44.9 Å². The summed E-state index contributed by atoms with van der Waals surface area (Å²) in [4.78, 5) is 23.7. The Morgan fingerprint density at radius 3 is 2.47 bits per heavy atom. The Hall–Kier alpha value is -1.32. The monoisotopic (exact) mass is 211 g/mol. The Kier molecular flexibility index (Phi) is 3.17. The lowest BCUT2D eigenvalue weighted by Crippen LogP contribution is -2.59. The van der Waals surface area contributed by atoms with Crippen LogP contribution in [-0.4, -0.2) is 35.0 Å². The first-order chi connectivity index (χ1) is 6.89. The SMILES string of the molecule is C=C[C@H]1C[C@@H](C=O)N1C(=O)OC(C)(C)C. The molecule has 0 aromatic carbocycles. The van der Waals surface area contributed by atoms with Crippen molar-refractivity contribution >= 4 is 12.4 Å². The van der Waals surface area contributed by atoms with Gasteiger partial charge in [-0.3, -0.25) is 4.90 Å². The van der Waals surface area contributed by atoms with Crippen LogP contribution in [0.1, 0.15) is 27.2 Å². The van der Waals surface area contributed by atoms with Gasteiger partial charge in [-0.2, -0.15) is 0 Å². The number of nitrogens with zero attached hydrogens (tertiary/aromatic N) is 1. The van der Waals surface area contributed by atoms with Crippen LogP contribution in [0.5, 0.6) is 0 Å². The van der Waals surface area contributed by atoms with E-state index < -0.39 is 11.7 Å². The second kappa shape index (κ2) is 4.04. The zero-order chi connectivity index (χ0) is 11.6. The van der Waals surface area contributed by atoms with Gasteiger partial charge in [0.1, 0.15) is 11.9 Å². The number of hydrogen-bond donors (Lipinski definition) is 0. The molecule has 0 aromatic heterocycles. The quantitative estimate of drug-likeness (QED) is 0.516. The van der Waals surface area contributed by atoms with Crippen LogP contribution in [-0.2, 0) is 9.53 Å². The molecule has 0 aromatic rings. The van der Waals surface area contributed by atoms with E-state index in [0.29, 0.717) is 6.42 Å². The van der Waals surface area contributed by atoms with Gasteiger partial charge in [0, 0.05) is 0 Å². The van der Waals surface area contributed by atoms with Crippen molar-refractivity contribution in [2.75, 3.05) is 0 Å². The summed E-state index contributed by atoms with van der Waals surface area (Å²) < 4.78 is 5.19. The Bertz CT molecular complexity index is 266. The van der Waals surface area contributed by atoms with Crippen molar-refractivity contribution in [1.82, 2.24) is 4.90 Å². The minimum Gasteiger partial charge on any atom is -0.444 e. The molecule has 0 saturated carbocycles. The Balaban J connectivity index is 2.64. The molecule has 84 valence electrons. The molecule has 2 atom stereocenters. The molecule has 1 fully saturated rings. The van der Waals surface area contributed by atoms with Crippen molar-refractivity contribution in [2.24, 2.45) is 0 Å². The van der Waals surface area contributed by atoms with Gasteiger partial charge in [-0.1, -0.05) is 6.08 Å². The highest BCUT2D eigenvalue weighted by Crippen LogP contribution is 2.27. The van der Waals surface area contributed by atoms with E-state index >= 15 is 0 Å². The third-order valence-electron chi connectivity index (χ3n) is 2.23. The molecule has 1 heterocycles. The molecule has 0 bridgehead atoms. The van der Waals surface area contributed by atoms with Gasteiger partial charge in [0.25, 0.3) is 0 Å². The summed E-state index contributed by atoms with van der Waals surface area (Å²) in [6, 6.07) is -0.433. The summed E-state index contributed by atoms with van der Waals surface area (Å²) in [5.74, 6) is 0. The van der Waals surface area contributed by atoms with Gasteiger partial charge in [-0.15, -0.1) is 6.58 Å². The highest BCUT2D eigenvalue weighted by atomic mass is 16.6. The molecule has 15 heavy (non-hydrogen) atoms. The Morgan fingerprint density at radius 1 is 1.47 bits per heavy atom.